The fourth-order valence-corrected chi connectivity index (χ4v) is 6.74. The van der Waals surface area contributed by atoms with Crippen LogP contribution in [0, 0.1) is 38.4 Å². The minimum Gasteiger partial charge on any atom is -0.466 e. The Hall–Kier alpha value is -4.12. The van der Waals surface area contributed by atoms with Gasteiger partial charge < -0.3 is 14.2 Å². The Labute approximate surface area is 291 Å². The molecule has 7 nitrogen and oxygen atoms in total. The topological polar surface area (TPSA) is 81.0 Å². The number of likely N-dealkylation sites (tertiary alicyclic amines) is 1. The highest BCUT2D eigenvalue weighted by atomic mass is 19.4. The maximum Gasteiger partial charge on any atom is 0.416 e. The highest BCUT2D eigenvalue weighted by Gasteiger charge is 2.36. The van der Waals surface area contributed by atoms with E-state index in [-0.39, 0.29) is 42.9 Å². The standard InChI is InChI=1S/C39H47F4N3O4/c1-8-50-35(48)17-30(31-16-29(15-27(7)37(31)40)36-25(5)10-9-11-26(36)6)19-44-38(49)33(14-23(2)3)46-22-28(12-13-45-20-24(4)21-45)32(18-34(46)47)39(41,42)43/h9-11,15-16,18-19,22-24,30,33H,8,12-14,17,20-21H2,1-7H3. The maximum atomic E-state index is 15.9. The number of rotatable bonds is 13. The molecule has 0 bridgehead atoms. The summed E-state index contributed by atoms with van der Waals surface area (Å²) >= 11 is 0. The van der Waals surface area contributed by atoms with Gasteiger partial charge in [0.15, 0.2) is 0 Å². The van der Waals surface area contributed by atoms with Gasteiger partial charge in [-0.05, 0) is 103 Å². The van der Waals surface area contributed by atoms with Crippen molar-refractivity contribution in [2.45, 2.75) is 85.9 Å². The van der Waals surface area contributed by atoms with E-state index < -0.39 is 47.0 Å². The minimum atomic E-state index is -4.75. The number of ether oxygens (including phenoxy) is 1. The van der Waals surface area contributed by atoms with Crippen LogP contribution in [0.15, 0.2) is 52.4 Å². The number of halogens is 4. The number of carbonyl (C=O) groups is 2. The average molecular weight is 698 g/mol. The SMILES string of the molecule is CCOC(=O)CC(C=NC(=O)C(CC(C)C)n1cc(CCN2CC(C)C2)c(C(F)(F)F)cc1=O)c1cc(-c2c(C)cccc2C)cc(C)c1F. The van der Waals surface area contributed by atoms with Gasteiger partial charge in [-0.25, -0.2) is 9.38 Å². The van der Waals surface area contributed by atoms with Crippen molar-refractivity contribution >= 4 is 18.1 Å². The molecular weight excluding hydrogens is 650 g/mol. The summed E-state index contributed by atoms with van der Waals surface area (Å²) in [6, 6.07) is 8.54. The second-order valence-corrected chi connectivity index (χ2v) is 13.9. The first-order chi connectivity index (χ1) is 23.5. The van der Waals surface area contributed by atoms with E-state index in [0.717, 1.165) is 46.1 Å². The molecule has 1 amide bonds. The number of pyridine rings is 1. The highest BCUT2D eigenvalue weighted by Crippen LogP contribution is 2.35. The van der Waals surface area contributed by atoms with Gasteiger partial charge in [0.1, 0.15) is 11.9 Å². The third kappa shape index (κ3) is 9.35. The number of amides is 1. The van der Waals surface area contributed by atoms with Gasteiger partial charge >= 0.3 is 12.1 Å². The molecule has 2 heterocycles. The normalized spacial score (nSPS) is 15.4. The van der Waals surface area contributed by atoms with Crippen LogP contribution >= 0.6 is 0 Å². The zero-order chi connectivity index (χ0) is 36.9. The second kappa shape index (κ2) is 16.3. The minimum absolute atomic E-state index is 0.0463. The lowest BCUT2D eigenvalue weighted by molar-refractivity contribution is -0.143. The number of nitrogens with zero attached hydrogens (tertiary/aromatic N) is 3. The molecule has 3 aromatic rings. The first kappa shape index (κ1) is 38.7. The van der Waals surface area contributed by atoms with Gasteiger partial charge in [-0.2, -0.15) is 13.2 Å². The van der Waals surface area contributed by atoms with Crippen molar-refractivity contribution in [3.8, 4) is 11.1 Å². The first-order valence-corrected chi connectivity index (χ1v) is 17.1. The molecule has 1 fully saturated rings. The maximum absolute atomic E-state index is 15.9. The first-order valence-electron chi connectivity index (χ1n) is 17.1. The Morgan fingerprint density at radius 3 is 2.30 bits per heavy atom. The molecule has 0 radical (unpaired) electrons. The third-order valence-corrected chi connectivity index (χ3v) is 9.15. The van der Waals surface area contributed by atoms with Crippen LogP contribution in [-0.2, 0) is 26.9 Å². The molecule has 2 atom stereocenters. The predicted molar refractivity (Wildman–Crippen MR) is 187 cm³/mol. The largest absolute Gasteiger partial charge is 0.466 e. The van der Waals surface area contributed by atoms with E-state index >= 15 is 4.39 Å². The molecule has 4 rings (SSSR count). The number of esters is 1. The molecule has 50 heavy (non-hydrogen) atoms. The molecule has 0 aliphatic carbocycles. The number of hydrogen-bond acceptors (Lipinski definition) is 5. The van der Waals surface area contributed by atoms with Gasteiger partial charge in [0, 0.05) is 44.0 Å². The van der Waals surface area contributed by atoms with Crippen LogP contribution < -0.4 is 5.56 Å². The van der Waals surface area contributed by atoms with Crippen molar-refractivity contribution in [3.63, 3.8) is 0 Å². The van der Waals surface area contributed by atoms with Crippen LogP contribution in [0.2, 0.25) is 0 Å². The fourth-order valence-electron chi connectivity index (χ4n) is 6.74. The smallest absolute Gasteiger partial charge is 0.416 e. The van der Waals surface area contributed by atoms with E-state index in [1.54, 1.807) is 26.0 Å². The van der Waals surface area contributed by atoms with Crippen LogP contribution in [0.1, 0.15) is 85.9 Å². The van der Waals surface area contributed by atoms with Crippen molar-refractivity contribution in [1.29, 1.82) is 0 Å². The lowest BCUT2D eigenvalue weighted by Crippen LogP contribution is -2.46. The lowest BCUT2D eigenvalue weighted by atomic mass is 9.88. The summed E-state index contributed by atoms with van der Waals surface area (Å²) < 4.78 is 64.3. The van der Waals surface area contributed by atoms with Crippen molar-refractivity contribution in [2.75, 3.05) is 26.2 Å². The quantitative estimate of drug-likeness (QED) is 0.103. The average Bonchev–Trinajstić information content (AvgIpc) is 3.01. The van der Waals surface area contributed by atoms with Gasteiger partial charge in [-0.1, -0.05) is 39.0 Å². The molecule has 1 aliphatic heterocycles. The number of aromatic nitrogens is 1. The predicted octanol–water partition coefficient (Wildman–Crippen LogP) is 8.01. The van der Waals surface area contributed by atoms with E-state index in [1.165, 1.54) is 6.21 Å². The zero-order valence-electron chi connectivity index (χ0n) is 29.9. The van der Waals surface area contributed by atoms with Crippen molar-refractivity contribution in [3.05, 3.63) is 92.1 Å². The monoisotopic (exact) mass is 697 g/mol. The van der Waals surface area contributed by atoms with Crippen LogP contribution in [0.5, 0.6) is 0 Å². The van der Waals surface area contributed by atoms with Gasteiger partial charge in [0.2, 0.25) is 0 Å². The van der Waals surface area contributed by atoms with Crippen molar-refractivity contribution in [2.24, 2.45) is 16.8 Å². The van der Waals surface area contributed by atoms with Crippen LogP contribution in [0.4, 0.5) is 17.6 Å². The van der Waals surface area contributed by atoms with Crippen LogP contribution in [-0.4, -0.2) is 53.8 Å². The van der Waals surface area contributed by atoms with E-state index in [0.29, 0.717) is 24.1 Å². The summed E-state index contributed by atoms with van der Waals surface area (Å²) in [5, 5.41) is 0. The van der Waals surface area contributed by atoms with Crippen molar-refractivity contribution < 1.29 is 31.9 Å². The fraction of sp³-hybridized carbons (Fsp3) is 0.487. The molecular formula is C39H47F4N3O4. The summed E-state index contributed by atoms with van der Waals surface area (Å²) in [5.41, 5.74) is 2.01. The van der Waals surface area contributed by atoms with E-state index in [4.69, 9.17) is 4.74 Å². The number of aliphatic imine (C=N–C) groups is 1. The summed E-state index contributed by atoms with van der Waals surface area (Å²) in [7, 11) is 0. The molecule has 1 aliphatic rings. The van der Waals surface area contributed by atoms with E-state index in [1.807, 2.05) is 50.8 Å². The number of alkyl halides is 3. The zero-order valence-corrected chi connectivity index (χ0v) is 29.9. The molecule has 2 aromatic carbocycles. The molecule has 0 N–H and O–H groups in total. The molecule has 0 saturated carbocycles. The van der Waals surface area contributed by atoms with Gasteiger partial charge in [-0.3, -0.25) is 14.4 Å². The molecule has 0 spiro atoms. The Morgan fingerprint density at radius 1 is 1.06 bits per heavy atom. The summed E-state index contributed by atoms with van der Waals surface area (Å²) in [5.74, 6) is -2.66. The van der Waals surface area contributed by atoms with Gasteiger partial charge in [0.25, 0.3) is 11.5 Å². The Bertz CT molecular complexity index is 1770. The van der Waals surface area contributed by atoms with E-state index in [2.05, 4.69) is 11.9 Å². The number of aryl methyl sites for hydroxylation is 3. The Morgan fingerprint density at radius 2 is 1.72 bits per heavy atom. The number of carbonyl (C=O) groups excluding carboxylic acids is 2. The van der Waals surface area contributed by atoms with Crippen LogP contribution in [0.25, 0.3) is 11.1 Å². The number of hydrogen-bond donors (Lipinski definition) is 0. The summed E-state index contributed by atoms with van der Waals surface area (Å²) in [4.78, 5) is 46.1. The molecule has 1 saturated heterocycles. The van der Waals surface area contributed by atoms with Crippen LogP contribution in [0.3, 0.4) is 0 Å². The highest BCUT2D eigenvalue weighted by molar-refractivity contribution is 5.91. The molecule has 1 aromatic heterocycles. The number of benzene rings is 2. The Kier molecular flexibility index (Phi) is 12.6. The lowest BCUT2D eigenvalue weighted by Gasteiger charge is -2.37. The van der Waals surface area contributed by atoms with Crippen molar-refractivity contribution in [1.82, 2.24) is 9.47 Å². The Balaban J connectivity index is 1.76. The van der Waals surface area contributed by atoms with E-state index in [9.17, 15) is 27.6 Å². The summed E-state index contributed by atoms with van der Waals surface area (Å²) in [6.07, 6.45) is -2.57. The molecule has 11 heteroatoms. The third-order valence-electron chi connectivity index (χ3n) is 9.15. The molecule has 270 valence electrons. The molecule has 2 unspecified atom stereocenters. The van der Waals surface area contributed by atoms with Gasteiger partial charge in [0.05, 0.1) is 18.6 Å². The second-order valence-electron chi connectivity index (χ2n) is 13.9. The van der Waals surface area contributed by atoms with Gasteiger partial charge in [-0.15, -0.1) is 0 Å². The summed E-state index contributed by atoms with van der Waals surface area (Å²) in [6.45, 7) is 14.9.